The van der Waals surface area contributed by atoms with Gasteiger partial charge in [0.15, 0.2) is 5.16 Å². The molecule has 0 saturated heterocycles. The van der Waals surface area contributed by atoms with Crippen LogP contribution in [0.1, 0.15) is 22.1 Å². The second kappa shape index (κ2) is 6.69. The minimum Gasteiger partial charge on any atom is -0.309 e. The molecule has 0 amide bonds. The Bertz CT molecular complexity index is 1140. The fourth-order valence-electron chi connectivity index (χ4n) is 2.81. The van der Waals surface area contributed by atoms with Gasteiger partial charge in [-0.05, 0) is 38.5 Å². The van der Waals surface area contributed by atoms with E-state index in [1.165, 1.54) is 11.8 Å². The molecule has 0 spiro atoms. The molecule has 4 rings (SSSR count). The number of benzene rings is 1. The number of nitrogens with one attached hydrogen (secondary N) is 1. The van der Waals surface area contributed by atoms with Crippen LogP contribution in [0.25, 0.3) is 15.9 Å². The highest BCUT2D eigenvalue weighted by Gasteiger charge is 2.14. The Kier molecular flexibility index (Phi) is 4.37. The minimum absolute atomic E-state index is 0.0758. The van der Waals surface area contributed by atoms with Crippen molar-refractivity contribution in [2.75, 3.05) is 0 Å². The first-order valence-corrected chi connectivity index (χ1v) is 9.94. The fourth-order valence-corrected chi connectivity index (χ4v) is 4.73. The third-order valence-corrected chi connectivity index (χ3v) is 6.28. The van der Waals surface area contributed by atoms with Crippen molar-refractivity contribution in [2.24, 2.45) is 0 Å². The van der Waals surface area contributed by atoms with Gasteiger partial charge in [0, 0.05) is 10.6 Å². The average Bonchev–Trinajstić information content (AvgIpc) is 3.14. The summed E-state index contributed by atoms with van der Waals surface area (Å²) in [6.45, 7) is 5.90. The number of rotatable bonds is 4. The highest BCUT2D eigenvalue weighted by atomic mass is 32.2. The van der Waals surface area contributed by atoms with E-state index < -0.39 is 0 Å². The molecule has 3 heterocycles. The van der Waals surface area contributed by atoms with Crippen molar-refractivity contribution in [2.45, 2.75) is 31.7 Å². The fraction of sp³-hybridized carbons (Fsp3) is 0.222. The Morgan fingerprint density at radius 2 is 1.92 bits per heavy atom. The van der Waals surface area contributed by atoms with Crippen molar-refractivity contribution in [3.63, 3.8) is 0 Å². The predicted molar refractivity (Wildman–Crippen MR) is 105 cm³/mol. The van der Waals surface area contributed by atoms with Gasteiger partial charge in [0.25, 0.3) is 5.56 Å². The van der Waals surface area contributed by atoms with E-state index in [1.807, 2.05) is 55.7 Å². The quantitative estimate of drug-likeness (QED) is 0.543. The highest BCUT2D eigenvalue weighted by molar-refractivity contribution is 7.98. The number of hydrogen-bond acceptors (Lipinski definition) is 6. The largest absolute Gasteiger partial charge is 0.309 e. The summed E-state index contributed by atoms with van der Waals surface area (Å²) in [4.78, 5) is 21.9. The molecule has 0 unspecified atom stereocenters. The van der Waals surface area contributed by atoms with Crippen molar-refractivity contribution in [1.82, 2.24) is 24.7 Å². The van der Waals surface area contributed by atoms with Gasteiger partial charge in [-0.3, -0.25) is 9.36 Å². The number of para-hydroxylation sites is 1. The zero-order valence-corrected chi connectivity index (χ0v) is 16.2. The first-order valence-electron chi connectivity index (χ1n) is 8.13. The molecule has 0 bridgehead atoms. The van der Waals surface area contributed by atoms with Crippen molar-refractivity contribution >= 4 is 33.3 Å². The van der Waals surface area contributed by atoms with Crippen LogP contribution in [0.3, 0.4) is 0 Å². The van der Waals surface area contributed by atoms with Gasteiger partial charge in [-0.15, -0.1) is 21.5 Å². The SMILES string of the molecule is Cc1sc2nc(CSc3nnc(C)n3-c3ccccc3)[nH]c(=O)c2c1C. The number of aryl methyl sites for hydroxylation is 3. The van der Waals surface area contributed by atoms with Gasteiger partial charge in [-0.2, -0.15) is 0 Å². The van der Waals surface area contributed by atoms with Crippen LogP contribution >= 0.6 is 23.1 Å². The Labute approximate surface area is 158 Å². The minimum atomic E-state index is -0.0758. The molecule has 3 aromatic heterocycles. The number of hydrogen-bond donors (Lipinski definition) is 1. The molecular weight excluding hydrogens is 366 g/mol. The van der Waals surface area contributed by atoms with Gasteiger partial charge in [-0.1, -0.05) is 30.0 Å². The average molecular weight is 384 g/mol. The second-order valence-corrected chi connectivity index (χ2v) is 8.11. The van der Waals surface area contributed by atoms with Crippen LogP contribution in [-0.2, 0) is 5.75 Å². The number of nitrogens with zero attached hydrogens (tertiary/aromatic N) is 4. The van der Waals surface area contributed by atoms with E-state index in [-0.39, 0.29) is 5.56 Å². The first-order chi connectivity index (χ1) is 12.5. The maximum absolute atomic E-state index is 12.4. The summed E-state index contributed by atoms with van der Waals surface area (Å²) in [6, 6.07) is 9.98. The maximum Gasteiger partial charge on any atom is 0.259 e. The molecule has 0 saturated carbocycles. The molecule has 26 heavy (non-hydrogen) atoms. The van der Waals surface area contributed by atoms with Crippen molar-refractivity contribution < 1.29 is 0 Å². The number of fused-ring (bicyclic) bond motifs is 1. The summed E-state index contributed by atoms with van der Waals surface area (Å²) in [5.74, 6) is 1.99. The summed E-state index contributed by atoms with van der Waals surface area (Å²) >= 11 is 3.06. The smallest absolute Gasteiger partial charge is 0.259 e. The molecule has 8 heteroatoms. The number of thioether (sulfide) groups is 1. The Morgan fingerprint density at radius 1 is 1.15 bits per heavy atom. The topological polar surface area (TPSA) is 76.5 Å². The normalized spacial score (nSPS) is 11.3. The summed E-state index contributed by atoms with van der Waals surface area (Å²) in [5.41, 5.74) is 1.95. The van der Waals surface area contributed by atoms with E-state index in [0.717, 1.165) is 31.9 Å². The van der Waals surface area contributed by atoms with Gasteiger partial charge in [0.05, 0.1) is 11.1 Å². The molecule has 0 aliphatic carbocycles. The first kappa shape index (κ1) is 17.0. The van der Waals surface area contributed by atoms with Gasteiger partial charge >= 0.3 is 0 Å². The molecule has 0 aliphatic rings. The summed E-state index contributed by atoms with van der Waals surface area (Å²) in [6.07, 6.45) is 0. The molecule has 1 aromatic carbocycles. The number of H-pyrrole nitrogens is 1. The van der Waals surface area contributed by atoms with Crippen molar-refractivity contribution in [3.8, 4) is 5.69 Å². The standard InChI is InChI=1S/C18H17N5OS2/c1-10-11(2)26-17-15(10)16(24)19-14(20-17)9-25-18-22-21-12(3)23(18)13-7-5-4-6-8-13/h4-8H,9H2,1-3H3,(H,19,20,24). The van der Waals surface area contributed by atoms with E-state index in [0.29, 0.717) is 17.0 Å². The molecular formula is C18H17N5OS2. The molecule has 0 radical (unpaired) electrons. The van der Waals surface area contributed by atoms with Crippen LogP contribution < -0.4 is 5.56 Å². The van der Waals surface area contributed by atoms with Gasteiger partial charge in [0.2, 0.25) is 0 Å². The van der Waals surface area contributed by atoms with E-state index in [1.54, 1.807) is 11.3 Å². The Balaban J connectivity index is 1.65. The molecule has 132 valence electrons. The third-order valence-electron chi connectivity index (χ3n) is 4.24. The highest BCUT2D eigenvalue weighted by Crippen LogP contribution is 2.27. The van der Waals surface area contributed by atoms with Gasteiger partial charge in [-0.25, -0.2) is 4.98 Å². The second-order valence-electron chi connectivity index (χ2n) is 5.97. The van der Waals surface area contributed by atoms with E-state index >= 15 is 0 Å². The summed E-state index contributed by atoms with van der Waals surface area (Å²) in [5, 5.41) is 9.93. The molecule has 0 fully saturated rings. The lowest BCUT2D eigenvalue weighted by Gasteiger charge is -2.07. The van der Waals surface area contributed by atoms with E-state index in [2.05, 4.69) is 20.2 Å². The maximum atomic E-state index is 12.4. The van der Waals surface area contributed by atoms with Crippen LogP contribution in [0.15, 0.2) is 40.3 Å². The summed E-state index contributed by atoms with van der Waals surface area (Å²) < 4.78 is 2.00. The van der Waals surface area contributed by atoms with Crippen LogP contribution in [0.5, 0.6) is 0 Å². The predicted octanol–water partition coefficient (Wildman–Crippen LogP) is 3.78. The molecule has 0 aliphatic heterocycles. The van der Waals surface area contributed by atoms with E-state index in [9.17, 15) is 4.79 Å². The van der Waals surface area contributed by atoms with Crippen molar-refractivity contribution in [3.05, 3.63) is 62.8 Å². The van der Waals surface area contributed by atoms with Crippen molar-refractivity contribution in [1.29, 1.82) is 0 Å². The Hall–Kier alpha value is -2.45. The lowest BCUT2D eigenvalue weighted by molar-refractivity contribution is 0.866. The van der Waals surface area contributed by atoms with Crippen LogP contribution in [0.2, 0.25) is 0 Å². The molecule has 0 atom stereocenters. The number of aromatic nitrogens is 5. The lowest BCUT2D eigenvalue weighted by atomic mass is 10.2. The van der Waals surface area contributed by atoms with Crippen LogP contribution in [0.4, 0.5) is 0 Å². The van der Waals surface area contributed by atoms with E-state index in [4.69, 9.17) is 0 Å². The van der Waals surface area contributed by atoms with Gasteiger partial charge < -0.3 is 4.98 Å². The number of aromatic amines is 1. The Morgan fingerprint density at radius 3 is 2.69 bits per heavy atom. The molecule has 6 nitrogen and oxygen atoms in total. The van der Waals surface area contributed by atoms with Crippen LogP contribution in [-0.4, -0.2) is 24.7 Å². The lowest BCUT2D eigenvalue weighted by Crippen LogP contribution is -2.11. The molecule has 4 aromatic rings. The monoisotopic (exact) mass is 383 g/mol. The number of thiophene rings is 1. The van der Waals surface area contributed by atoms with Crippen LogP contribution in [0, 0.1) is 20.8 Å². The zero-order valence-electron chi connectivity index (χ0n) is 14.6. The summed E-state index contributed by atoms with van der Waals surface area (Å²) in [7, 11) is 0. The molecule has 1 N–H and O–H groups in total. The zero-order chi connectivity index (χ0) is 18.3. The van der Waals surface area contributed by atoms with Gasteiger partial charge in [0.1, 0.15) is 16.5 Å². The third kappa shape index (κ3) is 2.95.